The molecule has 3 aromatic carbocycles. The van der Waals surface area contributed by atoms with Crippen LogP contribution in [0.2, 0.25) is 0 Å². The predicted molar refractivity (Wildman–Crippen MR) is 160 cm³/mol. The molecule has 0 aliphatic rings. The molecule has 0 aliphatic heterocycles. The lowest BCUT2D eigenvalue weighted by molar-refractivity contribution is 0.275. The fourth-order valence-corrected chi connectivity index (χ4v) is 3.50. The number of rotatable bonds is 9. The second kappa shape index (κ2) is 20.4. The van der Waals surface area contributed by atoms with Crippen molar-refractivity contribution in [2.75, 3.05) is 21.3 Å². The van der Waals surface area contributed by atoms with Gasteiger partial charge in [-0.1, -0.05) is 58.2 Å². The van der Waals surface area contributed by atoms with Crippen molar-refractivity contribution in [2.24, 2.45) is 0 Å². The molecule has 0 unspecified atom stereocenters. The molecule has 0 saturated carbocycles. The van der Waals surface area contributed by atoms with Gasteiger partial charge in [-0.2, -0.15) is 0 Å². The van der Waals surface area contributed by atoms with E-state index in [4.69, 9.17) is 33.5 Å². The molecule has 10 nitrogen and oxygen atoms in total. The number of hydrogen-bond donors (Lipinski definition) is 6. The molecule has 230 valence electrons. The van der Waals surface area contributed by atoms with Crippen LogP contribution in [0.3, 0.4) is 0 Å². The molecule has 0 bridgehead atoms. The fourth-order valence-electron chi connectivity index (χ4n) is 3.50. The van der Waals surface area contributed by atoms with Crippen molar-refractivity contribution in [1.82, 2.24) is 0 Å². The Bertz CT molecular complexity index is 1050. The lowest BCUT2D eigenvalue weighted by Gasteiger charge is -2.05. The zero-order valence-electron chi connectivity index (χ0n) is 24.7. The monoisotopic (exact) mass is 596 g/mol. The van der Waals surface area contributed by atoms with Gasteiger partial charge in [-0.25, -0.2) is 4.57 Å². The van der Waals surface area contributed by atoms with Crippen LogP contribution in [0.25, 0.3) is 0 Å². The maximum absolute atomic E-state index is 9.28. The van der Waals surface area contributed by atoms with E-state index in [0.29, 0.717) is 17.2 Å². The summed E-state index contributed by atoms with van der Waals surface area (Å²) >= 11 is 0. The summed E-state index contributed by atoms with van der Waals surface area (Å²) in [5.74, 6) is 2.29. The molecule has 0 aliphatic carbocycles. The van der Waals surface area contributed by atoms with Gasteiger partial charge in [0, 0.05) is 0 Å². The van der Waals surface area contributed by atoms with Crippen LogP contribution in [0.4, 0.5) is 0 Å². The Hall–Kier alpha value is -3.43. The average molecular weight is 597 g/mol. The normalized spacial score (nSPS) is 10.1. The Morgan fingerprint density at radius 3 is 0.927 bits per heavy atom. The first-order chi connectivity index (χ1) is 19.3. The molecule has 0 amide bonds. The van der Waals surface area contributed by atoms with Crippen molar-refractivity contribution >= 4 is 7.82 Å². The molecular weight excluding hydrogens is 551 g/mol. The maximum atomic E-state index is 9.28. The minimum Gasteiger partial charge on any atom is -0.504 e. The van der Waals surface area contributed by atoms with E-state index in [1.807, 2.05) is 36.4 Å². The number of aryl methyl sites for hydroxylation is 3. The van der Waals surface area contributed by atoms with Gasteiger partial charge < -0.3 is 44.2 Å². The first-order valence-corrected chi connectivity index (χ1v) is 14.8. The lowest BCUT2D eigenvalue weighted by Crippen LogP contribution is -1.87. The standard InChI is InChI=1S/3C10H14O2.H3O4P/c3*1-3-4-8-5-6-9(11)10(7-8)12-2;1-5(2,3)4/h3*5-7,11H,3-4H2,1-2H3;(H3,1,2,3,4). The molecule has 3 rings (SSSR count). The van der Waals surface area contributed by atoms with Gasteiger partial charge in [-0.05, 0) is 72.4 Å². The van der Waals surface area contributed by atoms with Crippen molar-refractivity contribution < 1.29 is 48.8 Å². The van der Waals surface area contributed by atoms with Gasteiger partial charge in [0.05, 0.1) is 21.3 Å². The predicted octanol–water partition coefficient (Wildman–Crippen LogP) is 6.13. The first-order valence-electron chi connectivity index (χ1n) is 13.2. The number of aromatic hydroxyl groups is 3. The molecule has 0 saturated heterocycles. The van der Waals surface area contributed by atoms with E-state index < -0.39 is 7.82 Å². The number of hydrogen-bond acceptors (Lipinski definition) is 7. The SMILES string of the molecule is CCCc1ccc(O)c(OC)c1.CCCc1ccc(O)c(OC)c1.CCCc1ccc(O)c(OC)c1.O=P(O)(O)O. The van der Waals surface area contributed by atoms with Crippen LogP contribution in [0.5, 0.6) is 34.5 Å². The Morgan fingerprint density at radius 2 is 0.756 bits per heavy atom. The van der Waals surface area contributed by atoms with Crippen molar-refractivity contribution in [3.05, 3.63) is 71.3 Å². The number of methoxy groups -OCH3 is 3. The lowest BCUT2D eigenvalue weighted by atomic mass is 10.1. The first kappa shape index (κ1) is 37.6. The summed E-state index contributed by atoms with van der Waals surface area (Å²) in [6, 6.07) is 16.4. The van der Waals surface area contributed by atoms with E-state index in [1.54, 1.807) is 39.5 Å². The topological polar surface area (TPSA) is 166 Å². The average Bonchev–Trinajstić information content (AvgIpc) is 2.92. The molecule has 41 heavy (non-hydrogen) atoms. The van der Waals surface area contributed by atoms with E-state index in [-0.39, 0.29) is 17.2 Å². The Morgan fingerprint density at radius 1 is 0.537 bits per heavy atom. The zero-order valence-corrected chi connectivity index (χ0v) is 25.6. The van der Waals surface area contributed by atoms with E-state index in [9.17, 15) is 15.3 Å². The molecule has 0 heterocycles. The summed E-state index contributed by atoms with van der Waals surface area (Å²) in [6.07, 6.45) is 6.39. The minimum atomic E-state index is -4.64. The number of benzene rings is 3. The number of phenolic OH excluding ortho intramolecular Hbond substituents is 3. The van der Waals surface area contributed by atoms with Gasteiger partial charge in [0.25, 0.3) is 0 Å². The maximum Gasteiger partial charge on any atom is 0.466 e. The number of ether oxygens (including phenoxy) is 3. The van der Waals surface area contributed by atoms with Crippen LogP contribution >= 0.6 is 7.82 Å². The van der Waals surface area contributed by atoms with Gasteiger partial charge in [-0.3, -0.25) is 0 Å². The van der Waals surface area contributed by atoms with E-state index in [2.05, 4.69) is 20.8 Å². The van der Waals surface area contributed by atoms with Crippen LogP contribution in [-0.4, -0.2) is 51.3 Å². The molecule has 0 atom stereocenters. The summed E-state index contributed by atoms with van der Waals surface area (Å²) in [5, 5.41) is 27.8. The minimum absolute atomic E-state index is 0.206. The summed E-state index contributed by atoms with van der Waals surface area (Å²) in [4.78, 5) is 21.6. The third kappa shape index (κ3) is 17.1. The highest BCUT2D eigenvalue weighted by Gasteiger charge is 2.03. The fraction of sp³-hybridized carbons (Fsp3) is 0.400. The summed E-state index contributed by atoms with van der Waals surface area (Å²) in [7, 11) is 0.0420. The smallest absolute Gasteiger partial charge is 0.466 e. The third-order valence-electron chi connectivity index (χ3n) is 5.35. The summed E-state index contributed by atoms with van der Waals surface area (Å²) in [6.45, 7) is 6.37. The summed E-state index contributed by atoms with van der Waals surface area (Å²) in [5.41, 5.74) is 3.60. The largest absolute Gasteiger partial charge is 0.504 e. The van der Waals surface area contributed by atoms with Crippen LogP contribution in [-0.2, 0) is 23.8 Å². The Labute approximate surface area is 243 Å². The highest BCUT2D eigenvalue weighted by molar-refractivity contribution is 7.45. The van der Waals surface area contributed by atoms with E-state index in [1.165, 1.54) is 16.7 Å². The Balaban J connectivity index is 0.000000541. The van der Waals surface area contributed by atoms with Crippen LogP contribution in [0, 0.1) is 0 Å². The van der Waals surface area contributed by atoms with Gasteiger partial charge in [0.1, 0.15) is 0 Å². The molecular formula is C30H45O10P. The number of phenols is 3. The van der Waals surface area contributed by atoms with Crippen molar-refractivity contribution in [2.45, 2.75) is 59.3 Å². The van der Waals surface area contributed by atoms with Crippen molar-refractivity contribution in [3.8, 4) is 34.5 Å². The Kier molecular flexibility index (Phi) is 18.7. The molecule has 0 fully saturated rings. The molecule has 0 aromatic heterocycles. The second-order valence-electron chi connectivity index (χ2n) is 8.78. The highest BCUT2D eigenvalue weighted by atomic mass is 31.2. The van der Waals surface area contributed by atoms with Gasteiger partial charge in [0.2, 0.25) is 0 Å². The molecule has 11 heteroatoms. The zero-order chi connectivity index (χ0) is 31.4. The van der Waals surface area contributed by atoms with E-state index in [0.717, 1.165) is 38.5 Å². The van der Waals surface area contributed by atoms with Crippen LogP contribution in [0.15, 0.2) is 54.6 Å². The van der Waals surface area contributed by atoms with E-state index >= 15 is 0 Å². The van der Waals surface area contributed by atoms with Crippen molar-refractivity contribution in [1.29, 1.82) is 0 Å². The van der Waals surface area contributed by atoms with Crippen LogP contribution in [0.1, 0.15) is 56.7 Å². The third-order valence-corrected chi connectivity index (χ3v) is 5.35. The molecule has 6 N–H and O–H groups in total. The summed E-state index contributed by atoms with van der Waals surface area (Å²) < 4.78 is 23.8. The van der Waals surface area contributed by atoms with Gasteiger partial charge >= 0.3 is 7.82 Å². The van der Waals surface area contributed by atoms with Gasteiger partial charge in [-0.15, -0.1) is 0 Å². The molecule has 0 radical (unpaired) electrons. The second-order valence-corrected chi connectivity index (χ2v) is 9.81. The van der Waals surface area contributed by atoms with Crippen LogP contribution < -0.4 is 14.2 Å². The number of phosphoric acid groups is 1. The highest BCUT2D eigenvalue weighted by Crippen LogP contribution is 2.28. The molecule has 0 spiro atoms. The molecule has 3 aromatic rings. The van der Waals surface area contributed by atoms with Gasteiger partial charge in [0.15, 0.2) is 34.5 Å². The quantitative estimate of drug-likeness (QED) is 0.158. The van der Waals surface area contributed by atoms with Crippen molar-refractivity contribution in [3.63, 3.8) is 0 Å².